The van der Waals surface area contributed by atoms with E-state index in [0.29, 0.717) is 11.4 Å². The summed E-state index contributed by atoms with van der Waals surface area (Å²) in [4.78, 5) is 0. The molecule has 1 unspecified atom stereocenters. The molecule has 21 heavy (non-hydrogen) atoms. The Bertz CT molecular complexity index is 634. The number of hydrogen-bond acceptors (Lipinski definition) is 1. The molecule has 0 aliphatic rings. The van der Waals surface area contributed by atoms with Crippen LogP contribution in [0.2, 0.25) is 10.0 Å². The molecule has 2 aromatic rings. The summed E-state index contributed by atoms with van der Waals surface area (Å²) in [7, 11) is 0. The molecule has 0 spiro atoms. The largest absolute Gasteiger partial charge is 0.310 e. The zero-order valence-corrected chi connectivity index (χ0v) is 14.6. The lowest BCUT2D eigenvalue weighted by atomic mass is 9.98. The Balaban J connectivity index is 2.33. The second-order valence-corrected chi connectivity index (χ2v) is 6.39. The van der Waals surface area contributed by atoms with E-state index in [2.05, 4.69) is 21.2 Å². The van der Waals surface area contributed by atoms with Crippen molar-refractivity contribution >= 4 is 39.1 Å². The molecule has 1 N–H and O–H groups in total. The van der Waals surface area contributed by atoms with Crippen LogP contribution in [0.4, 0.5) is 4.39 Å². The quantitative estimate of drug-likeness (QED) is 0.681. The smallest absolute Gasteiger partial charge is 0.142 e. The van der Waals surface area contributed by atoms with Gasteiger partial charge in [0.05, 0.1) is 5.02 Å². The van der Waals surface area contributed by atoms with Gasteiger partial charge in [-0.1, -0.05) is 64.3 Å². The fraction of sp³-hybridized carbons (Fsp3) is 0.250. The maximum absolute atomic E-state index is 13.6. The van der Waals surface area contributed by atoms with Crippen molar-refractivity contribution in [2.45, 2.75) is 19.4 Å². The average Bonchev–Trinajstić information content (AvgIpc) is 2.43. The van der Waals surface area contributed by atoms with E-state index in [1.165, 1.54) is 6.07 Å². The minimum atomic E-state index is -0.397. The van der Waals surface area contributed by atoms with Crippen LogP contribution in [0.25, 0.3) is 0 Å². The SMILES string of the molecule is CCNC(Cc1cccc(F)c1Cl)c1ccc(Br)cc1Cl. The first-order valence-corrected chi connectivity index (χ1v) is 8.19. The summed E-state index contributed by atoms with van der Waals surface area (Å²) >= 11 is 15.8. The molecule has 1 nitrogen and oxygen atoms in total. The molecule has 0 bridgehead atoms. The van der Waals surface area contributed by atoms with Crippen molar-refractivity contribution in [3.8, 4) is 0 Å². The number of rotatable bonds is 5. The monoisotopic (exact) mass is 389 g/mol. The Hall–Kier alpha value is -0.610. The molecule has 0 aliphatic heterocycles. The molecule has 0 aliphatic carbocycles. The van der Waals surface area contributed by atoms with Gasteiger partial charge in [0.2, 0.25) is 0 Å². The summed E-state index contributed by atoms with van der Waals surface area (Å²) < 4.78 is 14.5. The minimum Gasteiger partial charge on any atom is -0.310 e. The predicted octanol–water partition coefficient (Wildman–Crippen LogP) is 5.79. The third-order valence-electron chi connectivity index (χ3n) is 3.24. The first-order chi connectivity index (χ1) is 10.0. The second kappa shape index (κ2) is 7.59. The van der Waals surface area contributed by atoms with Gasteiger partial charge < -0.3 is 5.32 Å². The zero-order valence-electron chi connectivity index (χ0n) is 11.5. The number of benzene rings is 2. The van der Waals surface area contributed by atoms with Crippen LogP contribution in [0, 0.1) is 5.82 Å². The highest BCUT2D eigenvalue weighted by Crippen LogP contribution is 2.31. The average molecular weight is 391 g/mol. The van der Waals surface area contributed by atoms with Gasteiger partial charge in [0.1, 0.15) is 5.82 Å². The van der Waals surface area contributed by atoms with E-state index in [4.69, 9.17) is 23.2 Å². The molecule has 0 radical (unpaired) electrons. The minimum absolute atomic E-state index is 0.0186. The Morgan fingerprint density at radius 1 is 1.24 bits per heavy atom. The molecule has 0 amide bonds. The molecule has 0 heterocycles. The lowest BCUT2D eigenvalue weighted by Crippen LogP contribution is -2.23. The molecule has 0 saturated heterocycles. The van der Waals surface area contributed by atoms with E-state index in [-0.39, 0.29) is 11.1 Å². The normalized spacial score (nSPS) is 12.4. The number of nitrogens with one attached hydrogen (secondary N) is 1. The molecule has 2 aromatic carbocycles. The second-order valence-electron chi connectivity index (χ2n) is 4.69. The van der Waals surface area contributed by atoms with Crippen LogP contribution < -0.4 is 5.32 Å². The van der Waals surface area contributed by atoms with Gasteiger partial charge in [0.15, 0.2) is 0 Å². The van der Waals surface area contributed by atoms with E-state index in [1.54, 1.807) is 6.07 Å². The fourth-order valence-electron chi connectivity index (χ4n) is 2.25. The molecule has 5 heteroatoms. The van der Waals surface area contributed by atoms with Crippen molar-refractivity contribution in [3.63, 3.8) is 0 Å². The predicted molar refractivity (Wildman–Crippen MR) is 90.7 cm³/mol. The van der Waals surface area contributed by atoms with E-state index in [9.17, 15) is 4.39 Å². The van der Waals surface area contributed by atoms with Gasteiger partial charge >= 0.3 is 0 Å². The Morgan fingerprint density at radius 3 is 2.67 bits per heavy atom. The summed E-state index contributed by atoms with van der Waals surface area (Å²) in [5.74, 6) is -0.397. The maximum Gasteiger partial charge on any atom is 0.142 e. The number of halogens is 4. The number of hydrogen-bond donors (Lipinski definition) is 1. The van der Waals surface area contributed by atoms with E-state index in [1.807, 2.05) is 31.2 Å². The van der Waals surface area contributed by atoms with Crippen molar-refractivity contribution < 1.29 is 4.39 Å². The molecular formula is C16H15BrCl2FN. The zero-order chi connectivity index (χ0) is 15.4. The molecule has 0 fully saturated rings. The third-order valence-corrected chi connectivity index (χ3v) is 4.49. The fourth-order valence-corrected chi connectivity index (χ4v) is 3.26. The standard InChI is InChI=1S/C16H15BrCl2FN/c1-2-21-15(12-7-6-11(17)9-13(12)18)8-10-4-3-5-14(20)16(10)19/h3-7,9,15,21H,2,8H2,1H3. The van der Waals surface area contributed by atoms with Crippen LogP contribution in [-0.4, -0.2) is 6.54 Å². The number of likely N-dealkylation sites (N-methyl/N-ethyl adjacent to an activating group) is 1. The van der Waals surface area contributed by atoms with Gasteiger partial charge in [-0.15, -0.1) is 0 Å². The van der Waals surface area contributed by atoms with Crippen molar-refractivity contribution in [2.75, 3.05) is 6.54 Å². The van der Waals surface area contributed by atoms with Gasteiger partial charge in [-0.2, -0.15) is 0 Å². The topological polar surface area (TPSA) is 12.0 Å². The van der Waals surface area contributed by atoms with Gasteiger partial charge in [-0.05, 0) is 42.3 Å². The molecule has 0 aromatic heterocycles. The van der Waals surface area contributed by atoms with Crippen LogP contribution in [-0.2, 0) is 6.42 Å². The van der Waals surface area contributed by atoms with E-state index >= 15 is 0 Å². The van der Waals surface area contributed by atoms with Crippen LogP contribution in [0.1, 0.15) is 24.1 Å². The van der Waals surface area contributed by atoms with E-state index in [0.717, 1.165) is 22.1 Å². The first kappa shape index (κ1) is 16.8. The lowest BCUT2D eigenvalue weighted by molar-refractivity contribution is 0.547. The highest BCUT2D eigenvalue weighted by Gasteiger charge is 2.17. The highest BCUT2D eigenvalue weighted by atomic mass is 79.9. The summed E-state index contributed by atoms with van der Waals surface area (Å²) in [6.45, 7) is 2.80. The van der Waals surface area contributed by atoms with Crippen molar-refractivity contribution in [3.05, 3.63) is 67.9 Å². The van der Waals surface area contributed by atoms with Crippen LogP contribution in [0.5, 0.6) is 0 Å². The van der Waals surface area contributed by atoms with Crippen molar-refractivity contribution in [2.24, 2.45) is 0 Å². The van der Waals surface area contributed by atoms with Crippen LogP contribution >= 0.6 is 39.1 Å². The molecule has 2 rings (SSSR count). The Kier molecular flexibility index (Phi) is 6.06. The maximum atomic E-state index is 13.6. The summed E-state index contributed by atoms with van der Waals surface area (Å²) in [5, 5.41) is 4.22. The van der Waals surface area contributed by atoms with Gasteiger partial charge in [0, 0.05) is 15.5 Å². The van der Waals surface area contributed by atoms with Gasteiger partial charge in [-0.3, -0.25) is 0 Å². The summed E-state index contributed by atoms with van der Waals surface area (Å²) in [5.41, 5.74) is 1.74. The molecule has 112 valence electrons. The third kappa shape index (κ3) is 4.19. The van der Waals surface area contributed by atoms with Crippen molar-refractivity contribution in [1.82, 2.24) is 5.32 Å². The van der Waals surface area contributed by atoms with Crippen molar-refractivity contribution in [1.29, 1.82) is 0 Å². The Morgan fingerprint density at radius 2 is 2.00 bits per heavy atom. The first-order valence-electron chi connectivity index (χ1n) is 6.64. The van der Waals surface area contributed by atoms with E-state index < -0.39 is 5.82 Å². The summed E-state index contributed by atoms with van der Waals surface area (Å²) in [6.07, 6.45) is 0.575. The van der Waals surface area contributed by atoms with Crippen LogP contribution in [0.3, 0.4) is 0 Å². The highest BCUT2D eigenvalue weighted by molar-refractivity contribution is 9.10. The molecular weight excluding hydrogens is 376 g/mol. The van der Waals surface area contributed by atoms with Gasteiger partial charge in [-0.25, -0.2) is 4.39 Å². The lowest BCUT2D eigenvalue weighted by Gasteiger charge is -2.20. The van der Waals surface area contributed by atoms with Gasteiger partial charge in [0.25, 0.3) is 0 Å². The molecule has 1 atom stereocenters. The Labute approximate surface area is 142 Å². The summed E-state index contributed by atoms with van der Waals surface area (Å²) in [6, 6.07) is 10.6. The molecule has 0 saturated carbocycles. The van der Waals surface area contributed by atoms with Crippen LogP contribution in [0.15, 0.2) is 40.9 Å².